The predicted octanol–water partition coefficient (Wildman–Crippen LogP) is 4.93. The molecule has 0 spiro atoms. The molecule has 7 heteroatoms. The summed E-state index contributed by atoms with van der Waals surface area (Å²) in [6.45, 7) is 0. The van der Waals surface area contributed by atoms with E-state index in [1.165, 1.54) is 12.1 Å². The number of hydrogen-bond donors (Lipinski definition) is 5. The molecule has 0 atom stereocenters. The van der Waals surface area contributed by atoms with Crippen LogP contribution in [-0.2, 0) is 0 Å². The number of hydrogen-bond acceptors (Lipinski definition) is 5. The molecule has 0 fully saturated rings. The van der Waals surface area contributed by atoms with Crippen LogP contribution >= 0.6 is 0 Å². The molecule has 0 saturated heterocycles. The minimum Gasteiger partial charge on any atom is -0.505 e. The number of hydrazine groups is 1. The van der Waals surface area contributed by atoms with E-state index in [1.54, 1.807) is 42.5 Å². The molecule has 0 aliphatic heterocycles. The highest BCUT2D eigenvalue weighted by Crippen LogP contribution is 2.36. The van der Waals surface area contributed by atoms with E-state index in [0.29, 0.717) is 22.4 Å². The highest BCUT2D eigenvalue weighted by Gasteiger charge is 2.18. The molecule has 4 rings (SSSR count). The number of benzene rings is 4. The van der Waals surface area contributed by atoms with Crippen LogP contribution < -0.4 is 16.2 Å². The first-order valence-corrected chi connectivity index (χ1v) is 9.49. The van der Waals surface area contributed by atoms with Gasteiger partial charge in [-0.1, -0.05) is 48.5 Å². The Morgan fingerprint density at radius 3 is 2.23 bits per heavy atom. The smallest absolute Gasteiger partial charge is 0.335 e. The number of carbonyl (C=O) groups excluding carboxylic acids is 1. The summed E-state index contributed by atoms with van der Waals surface area (Å²) in [6, 6.07) is 24.1. The Morgan fingerprint density at radius 1 is 0.742 bits per heavy atom. The van der Waals surface area contributed by atoms with Crippen LogP contribution in [0.1, 0.15) is 20.7 Å². The van der Waals surface area contributed by atoms with Gasteiger partial charge in [-0.05, 0) is 41.8 Å². The van der Waals surface area contributed by atoms with Crippen LogP contribution in [0.5, 0.6) is 5.75 Å². The largest absolute Gasteiger partial charge is 0.505 e. The summed E-state index contributed by atoms with van der Waals surface area (Å²) in [5, 5.41) is 24.3. The van der Waals surface area contributed by atoms with Crippen LogP contribution in [0.4, 0.5) is 17.1 Å². The number of rotatable bonds is 6. The van der Waals surface area contributed by atoms with Crippen molar-refractivity contribution in [2.45, 2.75) is 0 Å². The van der Waals surface area contributed by atoms with Crippen LogP contribution in [0.3, 0.4) is 0 Å². The summed E-state index contributed by atoms with van der Waals surface area (Å²) >= 11 is 0. The molecule has 31 heavy (non-hydrogen) atoms. The van der Waals surface area contributed by atoms with E-state index in [0.717, 1.165) is 5.39 Å². The van der Waals surface area contributed by atoms with Gasteiger partial charge < -0.3 is 21.0 Å². The normalized spacial score (nSPS) is 10.5. The van der Waals surface area contributed by atoms with Crippen LogP contribution in [-0.4, -0.2) is 22.1 Å². The second-order valence-electron chi connectivity index (χ2n) is 6.82. The molecule has 4 aromatic rings. The van der Waals surface area contributed by atoms with Gasteiger partial charge in [0.25, 0.3) is 5.91 Å². The van der Waals surface area contributed by atoms with Crippen molar-refractivity contribution in [1.82, 2.24) is 0 Å². The Morgan fingerprint density at radius 2 is 1.45 bits per heavy atom. The van der Waals surface area contributed by atoms with Crippen LogP contribution in [0.2, 0.25) is 0 Å². The standard InChI is InChI=1S/C24H19N3O4/c28-22-20(23(29)25-17-9-2-1-3-10-17)14-15-7-4-5-12-19(15)21(22)27-26-18-11-6-8-16(13-18)24(30)31/h1-14,26-28H,(H,25,29)(H,30,31). The maximum atomic E-state index is 12.8. The topological polar surface area (TPSA) is 111 Å². The number of para-hydroxylation sites is 1. The molecule has 0 aliphatic carbocycles. The summed E-state index contributed by atoms with van der Waals surface area (Å²) in [6.07, 6.45) is 0. The molecule has 0 saturated carbocycles. The lowest BCUT2D eigenvalue weighted by Crippen LogP contribution is -2.15. The molecule has 1 amide bonds. The van der Waals surface area contributed by atoms with E-state index < -0.39 is 11.9 Å². The van der Waals surface area contributed by atoms with E-state index in [1.807, 2.05) is 30.3 Å². The third-order valence-electron chi connectivity index (χ3n) is 4.74. The minimum absolute atomic E-state index is 0.103. The van der Waals surface area contributed by atoms with Gasteiger partial charge in [-0.3, -0.25) is 10.2 Å². The monoisotopic (exact) mass is 413 g/mol. The van der Waals surface area contributed by atoms with E-state index in [-0.39, 0.29) is 16.9 Å². The quantitative estimate of drug-likeness (QED) is 0.226. The van der Waals surface area contributed by atoms with Crippen molar-refractivity contribution in [3.05, 3.63) is 96.1 Å². The number of aromatic hydroxyl groups is 1. The number of anilines is 3. The number of carbonyl (C=O) groups is 2. The number of nitrogens with one attached hydrogen (secondary N) is 3. The molecule has 0 aromatic heterocycles. The lowest BCUT2D eigenvalue weighted by Gasteiger charge is -2.17. The zero-order chi connectivity index (χ0) is 21.8. The van der Waals surface area contributed by atoms with Gasteiger partial charge in [0.15, 0.2) is 5.75 Å². The fraction of sp³-hybridized carbons (Fsp3) is 0. The first-order valence-electron chi connectivity index (χ1n) is 9.49. The summed E-state index contributed by atoms with van der Waals surface area (Å²) in [7, 11) is 0. The highest BCUT2D eigenvalue weighted by atomic mass is 16.4. The molecule has 0 heterocycles. The maximum absolute atomic E-state index is 12.8. The van der Waals surface area contributed by atoms with Crippen molar-refractivity contribution >= 4 is 39.7 Å². The number of aromatic carboxylic acids is 1. The number of amides is 1. The van der Waals surface area contributed by atoms with Crippen molar-refractivity contribution in [2.75, 3.05) is 16.2 Å². The van der Waals surface area contributed by atoms with Crippen molar-refractivity contribution in [2.24, 2.45) is 0 Å². The molecule has 154 valence electrons. The summed E-state index contributed by atoms with van der Waals surface area (Å²) in [5.41, 5.74) is 7.45. The van der Waals surface area contributed by atoms with Gasteiger partial charge in [-0.2, -0.15) is 0 Å². The lowest BCUT2D eigenvalue weighted by molar-refractivity contribution is 0.0696. The van der Waals surface area contributed by atoms with Gasteiger partial charge in [0.2, 0.25) is 0 Å². The second kappa shape index (κ2) is 8.46. The first kappa shape index (κ1) is 19.8. The Balaban J connectivity index is 1.69. The molecule has 7 nitrogen and oxygen atoms in total. The minimum atomic E-state index is -1.04. The molecule has 0 bridgehead atoms. The molecule has 5 N–H and O–H groups in total. The highest BCUT2D eigenvalue weighted by molar-refractivity contribution is 6.12. The number of carboxylic acids is 1. The molecular formula is C24H19N3O4. The van der Waals surface area contributed by atoms with Crippen molar-refractivity contribution in [1.29, 1.82) is 0 Å². The second-order valence-corrected chi connectivity index (χ2v) is 6.82. The first-order chi connectivity index (χ1) is 15.0. The number of carboxylic acid groups (broad SMARTS) is 1. The molecular weight excluding hydrogens is 394 g/mol. The Bertz CT molecular complexity index is 1270. The van der Waals surface area contributed by atoms with Gasteiger partial charge in [0, 0.05) is 11.1 Å². The van der Waals surface area contributed by atoms with Crippen LogP contribution in [0.25, 0.3) is 10.8 Å². The Hall–Kier alpha value is -4.52. The third-order valence-corrected chi connectivity index (χ3v) is 4.74. The number of phenolic OH excluding ortho intramolecular Hbond substituents is 1. The van der Waals surface area contributed by atoms with Crippen LogP contribution in [0.15, 0.2) is 84.9 Å². The fourth-order valence-electron chi connectivity index (χ4n) is 3.22. The van der Waals surface area contributed by atoms with E-state index in [9.17, 15) is 14.7 Å². The Labute approximate surface area is 177 Å². The molecule has 0 unspecified atom stereocenters. The SMILES string of the molecule is O=C(O)c1cccc(NNc2c(O)c(C(=O)Nc3ccccc3)cc3ccccc23)c1. The Kier molecular flexibility index (Phi) is 5.40. The van der Waals surface area contributed by atoms with Crippen molar-refractivity contribution < 1.29 is 19.8 Å². The zero-order valence-corrected chi connectivity index (χ0v) is 16.3. The summed E-state index contributed by atoms with van der Waals surface area (Å²) < 4.78 is 0. The number of phenols is 1. The summed E-state index contributed by atoms with van der Waals surface area (Å²) in [5.74, 6) is -1.73. The van der Waals surface area contributed by atoms with Gasteiger partial charge >= 0.3 is 5.97 Å². The average molecular weight is 413 g/mol. The zero-order valence-electron chi connectivity index (χ0n) is 16.3. The predicted molar refractivity (Wildman–Crippen MR) is 121 cm³/mol. The van der Waals surface area contributed by atoms with Gasteiger partial charge in [0.05, 0.1) is 16.8 Å². The maximum Gasteiger partial charge on any atom is 0.335 e. The van der Waals surface area contributed by atoms with Crippen molar-refractivity contribution in [3.8, 4) is 5.75 Å². The fourth-order valence-corrected chi connectivity index (χ4v) is 3.22. The number of fused-ring (bicyclic) bond motifs is 1. The van der Waals surface area contributed by atoms with Gasteiger partial charge in [0.1, 0.15) is 5.69 Å². The van der Waals surface area contributed by atoms with Gasteiger partial charge in [-0.25, -0.2) is 4.79 Å². The van der Waals surface area contributed by atoms with E-state index in [2.05, 4.69) is 16.2 Å². The molecule has 0 aliphatic rings. The molecule has 4 aromatic carbocycles. The van der Waals surface area contributed by atoms with E-state index >= 15 is 0 Å². The molecule has 0 radical (unpaired) electrons. The third kappa shape index (κ3) is 4.25. The van der Waals surface area contributed by atoms with Gasteiger partial charge in [-0.15, -0.1) is 0 Å². The average Bonchev–Trinajstić information content (AvgIpc) is 2.79. The van der Waals surface area contributed by atoms with Crippen molar-refractivity contribution in [3.63, 3.8) is 0 Å². The lowest BCUT2D eigenvalue weighted by atomic mass is 10.0. The van der Waals surface area contributed by atoms with Crippen LogP contribution in [0, 0.1) is 0 Å². The van der Waals surface area contributed by atoms with E-state index in [4.69, 9.17) is 5.11 Å². The summed E-state index contributed by atoms with van der Waals surface area (Å²) in [4.78, 5) is 24.0.